The van der Waals surface area contributed by atoms with Crippen molar-refractivity contribution >= 4 is 40.7 Å². The molecule has 0 radical (unpaired) electrons. The number of anilines is 3. The standard InChI is InChI=1S/C24H24ClN7O3/c1-32(2)19-7-4-16(5-8-19)23(33)27-10-3-11-35-21-9-6-17(25)12-20(21)30-24(34)31-22-15-28-18(13-26)14-29-22/h4-9,12,14-15H,3,10-11H2,1-2H3,(H,27,33)(H2,29,30,31,34). The van der Waals surface area contributed by atoms with Gasteiger partial charge < -0.3 is 20.3 Å². The minimum Gasteiger partial charge on any atom is -0.491 e. The largest absolute Gasteiger partial charge is 0.491 e. The van der Waals surface area contributed by atoms with Gasteiger partial charge in [-0.3, -0.25) is 10.1 Å². The van der Waals surface area contributed by atoms with Gasteiger partial charge in [0.25, 0.3) is 5.91 Å². The van der Waals surface area contributed by atoms with Crippen LogP contribution in [0, 0.1) is 11.3 Å². The van der Waals surface area contributed by atoms with Gasteiger partial charge in [-0.15, -0.1) is 0 Å². The highest BCUT2D eigenvalue weighted by Crippen LogP contribution is 2.28. The SMILES string of the molecule is CN(C)c1ccc(C(=O)NCCCOc2ccc(Cl)cc2NC(=O)Nc2cnc(C#N)cn2)cc1. The molecule has 0 saturated carbocycles. The van der Waals surface area contributed by atoms with Crippen LogP contribution in [0.25, 0.3) is 0 Å². The number of ether oxygens (including phenoxy) is 1. The summed E-state index contributed by atoms with van der Waals surface area (Å²) in [6, 6.07) is 13.4. The first kappa shape index (κ1) is 25.3. The molecule has 0 spiro atoms. The predicted molar refractivity (Wildman–Crippen MR) is 134 cm³/mol. The first-order chi connectivity index (χ1) is 16.9. The molecule has 0 fully saturated rings. The van der Waals surface area contributed by atoms with E-state index in [1.807, 2.05) is 37.2 Å². The molecule has 3 amide bonds. The highest BCUT2D eigenvalue weighted by molar-refractivity contribution is 6.31. The number of aromatic nitrogens is 2. The Kier molecular flexibility index (Phi) is 8.81. The maximum atomic E-state index is 12.3. The van der Waals surface area contributed by atoms with Crippen LogP contribution in [0.4, 0.5) is 22.0 Å². The lowest BCUT2D eigenvalue weighted by Crippen LogP contribution is -2.25. The number of carbonyl (C=O) groups is 2. The number of amides is 3. The molecule has 180 valence electrons. The van der Waals surface area contributed by atoms with Crippen LogP contribution in [0.5, 0.6) is 5.75 Å². The molecule has 0 bridgehead atoms. The van der Waals surface area contributed by atoms with Crippen molar-refractivity contribution in [2.24, 2.45) is 0 Å². The monoisotopic (exact) mass is 493 g/mol. The summed E-state index contributed by atoms with van der Waals surface area (Å²) >= 11 is 6.07. The zero-order chi connectivity index (χ0) is 25.2. The summed E-state index contributed by atoms with van der Waals surface area (Å²) in [5, 5.41) is 17.2. The second-order valence-corrected chi connectivity index (χ2v) is 7.95. The number of benzene rings is 2. The highest BCUT2D eigenvalue weighted by Gasteiger charge is 2.11. The number of urea groups is 1. The molecule has 10 nitrogen and oxygen atoms in total. The summed E-state index contributed by atoms with van der Waals surface area (Å²) in [4.78, 5) is 34.4. The number of hydrogen-bond donors (Lipinski definition) is 3. The second-order valence-electron chi connectivity index (χ2n) is 7.52. The highest BCUT2D eigenvalue weighted by atomic mass is 35.5. The normalized spacial score (nSPS) is 10.1. The smallest absolute Gasteiger partial charge is 0.325 e. The fraction of sp³-hybridized carbons (Fsp3) is 0.208. The van der Waals surface area contributed by atoms with E-state index in [2.05, 4.69) is 25.9 Å². The van der Waals surface area contributed by atoms with Gasteiger partial charge in [-0.05, 0) is 48.9 Å². The van der Waals surface area contributed by atoms with E-state index in [-0.39, 0.29) is 17.4 Å². The lowest BCUT2D eigenvalue weighted by molar-refractivity contribution is 0.0951. The Hall–Kier alpha value is -4.36. The Morgan fingerprint density at radius 3 is 2.51 bits per heavy atom. The van der Waals surface area contributed by atoms with E-state index in [1.54, 1.807) is 30.3 Å². The van der Waals surface area contributed by atoms with Gasteiger partial charge in [0.2, 0.25) is 0 Å². The molecule has 3 N–H and O–H groups in total. The van der Waals surface area contributed by atoms with Gasteiger partial charge >= 0.3 is 6.03 Å². The molecule has 0 unspecified atom stereocenters. The van der Waals surface area contributed by atoms with Crippen LogP contribution >= 0.6 is 11.6 Å². The number of rotatable bonds is 9. The molecule has 35 heavy (non-hydrogen) atoms. The molecule has 11 heteroatoms. The predicted octanol–water partition coefficient (Wildman–Crippen LogP) is 3.91. The van der Waals surface area contributed by atoms with Gasteiger partial charge in [-0.2, -0.15) is 5.26 Å². The first-order valence-electron chi connectivity index (χ1n) is 10.6. The van der Waals surface area contributed by atoms with E-state index in [4.69, 9.17) is 21.6 Å². The lowest BCUT2D eigenvalue weighted by atomic mass is 10.2. The van der Waals surface area contributed by atoms with Crippen molar-refractivity contribution in [1.29, 1.82) is 5.26 Å². The average molecular weight is 494 g/mol. The van der Waals surface area contributed by atoms with Gasteiger partial charge in [-0.25, -0.2) is 14.8 Å². The Balaban J connectivity index is 1.48. The Bertz CT molecular complexity index is 1210. The van der Waals surface area contributed by atoms with Crippen molar-refractivity contribution < 1.29 is 14.3 Å². The van der Waals surface area contributed by atoms with E-state index < -0.39 is 6.03 Å². The molecule has 2 aromatic carbocycles. The molecule has 0 saturated heterocycles. The van der Waals surface area contributed by atoms with Crippen molar-refractivity contribution in [2.75, 3.05) is 42.8 Å². The summed E-state index contributed by atoms with van der Waals surface area (Å²) < 4.78 is 5.78. The summed E-state index contributed by atoms with van der Waals surface area (Å²) in [6.07, 6.45) is 3.08. The number of hydrogen-bond acceptors (Lipinski definition) is 7. The van der Waals surface area contributed by atoms with Crippen LogP contribution in [0.2, 0.25) is 5.02 Å². The van der Waals surface area contributed by atoms with Gasteiger partial charge in [0, 0.05) is 36.9 Å². The maximum absolute atomic E-state index is 12.3. The van der Waals surface area contributed by atoms with E-state index in [1.165, 1.54) is 12.4 Å². The third-order valence-electron chi connectivity index (χ3n) is 4.71. The van der Waals surface area contributed by atoms with Gasteiger partial charge in [-0.1, -0.05) is 11.6 Å². The molecule has 0 aliphatic heterocycles. The minimum atomic E-state index is -0.580. The molecule has 0 aliphatic carbocycles. The fourth-order valence-corrected chi connectivity index (χ4v) is 3.09. The number of carbonyl (C=O) groups excluding carboxylic acids is 2. The van der Waals surface area contributed by atoms with E-state index in [0.29, 0.717) is 41.6 Å². The molecule has 0 atom stereocenters. The number of nitrogens with one attached hydrogen (secondary N) is 3. The Labute approximate surface area is 207 Å². The molecular weight excluding hydrogens is 470 g/mol. The van der Waals surface area contributed by atoms with E-state index >= 15 is 0 Å². The maximum Gasteiger partial charge on any atom is 0.325 e. The minimum absolute atomic E-state index is 0.139. The van der Waals surface area contributed by atoms with Gasteiger partial charge in [0.1, 0.15) is 11.8 Å². The summed E-state index contributed by atoms with van der Waals surface area (Å²) in [6.45, 7) is 0.724. The van der Waals surface area contributed by atoms with Gasteiger partial charge in [0.05, 0.1) is 24.7 Å². The zero-order valence-electron chi connectivity index (χ0n) is 19.2. The molecule has 1 aromatic heterocycles. The number of halogens is 1. The molecule has 0 aliphatic rings. The number of nitrogens with zero attached hydrogens (tertiary/aromatic N) is 4. The summed E-state index contributed by atoms with van der Waals surface area (Å²) in [7, 11) is 3.88. The molecular formula is C24H24ClN7O3. The Morgan fingerprint density at radius 2 is 1.86 bits per heavy atom. The van der Waals surface area contributed by atoms with Crippen molar-refractivity contribution in [3.63, 3.8) is 0 Å². The molecule has 1 heterocycles. The van der Waals surface area contributed by atoms with Crippen molar-refractivity contribution in [3.8, 4) is 11.8 Å². The van der Waals surface area contributed by atoms with Gasteiger partial charge in [0.15, 0.2) is 11.5 Å². The zero-order valence-corrected chi connectivity index (χ0v) is 20.0. The van der Waals surface area contributed by atoms with Crippen LogP contribution in [-0.2, 0) is 0 Å². The fourth-order valence-electron chi connectivity index (χ4n) is 2.92. The van der Waals surface area contributed by atoms with E-state index in [0.717, 1.165) is 5.69 Å². The summed E-state index contributed by atoms with van der Waals surface area (Å²) in [5.74, 6) is 0.436. The second kappa shape index (κ2) is 12.2. The van der Waals surface area contributed by atoms with Crippen LogP contribution in [0.3, 0.4) is 0 Å². The van der Waals surface area contributed by atoms with Crippen LogP contribution in [0.1, 0.15) is 22.5 Å². The van der Waals surface area contributed by atoms with E-state index in [9.17, 15) is 9.59 Å². The van der Waals surface area contributed by atoms with Crippen LogP contribution in [0.15, 0.2) is 54.9 Å². The van der Waals surface area contributed by atoms with Crippen LogP contribution < -0.4 is 25.6 Å². The van der Waals surface area contributed by atoms with Crippen molar-refractivity contribution in [2.45, 2.75) is 6.42 Å². The van der Waals surface area contributed by atoms with Crippen molar-refractivity contribution in [3.05, 3.63) is 71.1 Å². The quantitative estimate of drug-likeness (QED) is 0.385. The van der Waals surface area contributed by atoms with Crippen molar-refractivity contribution in [1.82, 2.24) is 15.3 Å². The average Bonchev–Trinajstić information content (AvgIpc) is 2.85. The first-order valence-corrected chi connectivity index (χ1v) is 11.0. The third-order valence-corrected chi connectivity index (χ3v) is 4.94. The van der Waals surface area contributed by atoms with Crippen LogP contribution in [-0.4, -0.2) is 49.2 Å². The summed E-state index contributed by atoms with van der Waals surface area (Å²) in [5.41, 5.74) is 2.10. The Morgan fingerprint density at radius 1 is 1.09 bits per heavy atom. The topological polar surface area (TPSA) is 132 Å². The number of nitriles is 1. The molecule has 3 rings (SSSR count). The third kappa shape index (κ3) is 7.58. The molecule has 3 aromatic rings. The lowest BCUT2D eigenvalue weighted by Gasteiger charge is -2.14.